The molecule has 0 bridgehead atoms. The van der Waals surface area contributed by atoms with Gasteiger partial charge in [-0.2, -0.15) is 0 Å². The summed E-state index contributed by atoms with van der Waals surface area (Å²) in [5.41, 5.74) is 0.595. The second kappa shape index (κ2) is 7.88. The highest BCUT2D eigenvalue weighted by atomic mass is 16.5. The molecule has 0 saturated carbocycles. The van der Waals surface area contributed by atoms with E-state index in [4.69, 9.17) is 9.84 Å². The molecule has 0 heterocycles. The van der Waals surface area contributed by atoms with Crippen LogP contribution in [0.1, 0.15) is 36.0 Å². The van der Waals surface area contributed by atoms with Crippen LogP contribution in [0, 0.1) is 0 Å². The van der Waals surface area contributed by atoms with Gasteiger partial charge in [0.05, 0.1) is 12.2 Å². The third-order valence-corrected chi connectivity index (χ3v) is 2.30. The Morgan fingerprint density at radius 2 is 1.75 bits per heavy atom. The van der Waals surface area contributed by atoms with Crippen LogP contribution in [0.15, 0.2) is 30.3 Å². The summed E-state index contributed by atoms with van der Waals surface area (Å²) in [7, 11) is 0. The van der Waals surface area contributed by atoms with Crippen LogP contribution in [-0.2, 0) is 4.74 Å². The maximum Gasteiger partial charge on any atom is 0.338 e. The van der Waals surface area contributed by atoms with Gasteiger partial charge in [-0.1, -0.05) is 24.6 Å². The summed E-state index contributed by atoms with van der Waals surface area (Å²) in [6.45, 7) is 0.697. The van der Waals surface area contributed by atoms with Gasteiger partial charge < -0.3 is 9.84 Å². The summed E-state index contributed by atoms with van der Waals surface area (Å²) < 4.78 is 5.11. The lowest BCUT2D eigenvalue weighted by molar-refractivity contribution is 0.0497. The maximum atomic E-state index is 11.5. The SMILES string of the molecule is O=C(OCCCCCCO)c1ccccc1. The van der Waals surface area contributed by atoms with E-state index in [-0.39, 0.29) is 12.6 Å². The first-order valence-corrected chi connectivity index (χ1v) is 5.67. The largest absolute Gasteiger partial charge is 0.462 e. The Labute approximate surface area is 96.1 Å². The molecule has 0 aliphatic carbocycles. The van der Waals surface area contributed by atoms with Crippen molar-refractivity contribution in [1.82, 2.24) is 0 Å². The van der Waals surface area contributed by atoms with Crippen LogP contribution in [0.5, 0.6) is 0 Å². The van der Waals surface area contributed by atoms with Gasteiger partial charge in [-0.05, 0) is 31.4 Å². The number of esters is 1. The van der Waals surface area contributed by atoms with Crippen LogP contribution in [-0.4, -0.2) is 24.3 Å². The van der Waals surface area contributed by atoms with Gasteiger partial charge in [0.2, 0.25) is 0 Å². The Morgan fingerprint density at radius 3 is 2.44 bits per heavy atom. The molecule has 0 unspecified atom stereocenters. The minimum absolute atomic E-state index is 0.240. The molecule has 1 N–H and O–H groups in total. The Bertz CT molecular complexity index is 295. The number of benzene rings is 1. The Morgan fingerprint density at radius 1 is 1.06 bits per heavy atom. The third kappa shape index (κ3) is 4.94. The Hall–Kier alpha value is -1.35. The molecule has 0 amide bonds. The second-order valence-corrected chi connectivity index (χ2v) is 3.64. The molecule has 1 aromatic rings. The van der Waals surface area contributed by atoms with E-state index in [1.807, 2.05) is 18.2 Å². The van der Waals surface area contributed by atoms with Gasteiger partial charge >= 0.3 is 5.97 Å². The normalized spacial score (nSPS) is 10.1. The van der Waals surface area contributed by atoms with Crippen LogP contribution >= 0.6 is 0 Å². The van der Waals surface area contributed by atoms with Crippen molar-refractivity contribution in [3.8, 4) is 0 Å². The minimum Gasteiger partial charge on any atom is -0.462 e. The van der Waals surface area contributed by atoms with Gasteiger partial charge in [0, 0.05) is 6.61 Å². The quantitative estimate of drug-likeness (QED) is 0.569. The molecule has 1 aromatic carbocycles. The predicted molar refractivity (Wildman–Crippen MR) is 62.3 cm³/mol. The van der Waals surface area contributed by atoms with E-state index in [2.05, 4.69) is 0 Å². The summed E-state index contributed by atoms with van der Waals surface area (Å²) in [6.07, 6.45) is 3.66. The molecule has 16 heavy (non-hydrogen) atoms. The number of ether oxygens (including phenoxy) is 1. The lowest BCUT2D eigenvalue weighted by atomic mass is 10.2. The number of aliphatic hydroxyl groups is 1. The van der Waals surface area contributed by atoms with Gasteiger partial charge in [-0.3, -0.25) is 0 Å². The number of rotatable bonds is 7. The van der Waals surface area contributed by atoms with Crippen molar-refractivity contribution in [1.29, 1.82) is 0 Å². The minimum atomic E-state index is -0.261. The number of carbonyl (C=O) groups is 1. The summed E-state index contributed by atoms with van der Waals surface area (Å²) in [4.78, 5) is 11.5. The zero-order valence-corrected chi connectivity index (χ0v) is 9.39. The molecular weight excluding hydrogens is 204 g/mol. The first kappa shape index (κ1) is 12.7. The topological polar surface area (TPSA) is 46.5 Å². The molecule has 88 valence electrons. The van der Waals surface area contributed by atoms with Crippen molar-refractivity contribution in [2.45, 2.75) is 25.7 Å². The zero-order chi connectivity index (χ0) is 11.6. The van der Waals surface area contributed by atoms with Crippen molar-refractivity contribution < 1.29 is 14.6 Å². The molecule has 0 radical (unpaired) electrons. The highest BCUT2D eigenvalue weighted by Crippen LogP contribution is 2.03. The summed E-state index contributed by atoms with van der Waals surface area (Å²) in [5.74, 6) is -0.261. The van der Waals surface area contributed by atoms with Crippen molar-refractivity contribution >= 4 is 5.97 Å². The smallest absolute Gasteiger partial charge is 0.338 e. The number of unbranched alkanes of at least 4 members (excludes halogenated alkanes) is 3. The highest BCUT2D eigenvalue weighted by molar-refractivity contribution is 5.89. The van der Waals surface area contributed by atoms with Crippen molar-refractivity contribution in [3.63, 3.8) is 0 Å². The van der Waals surface area contributed by atoms with E-state index in [0.717, 1.165) is 25.7 Å². The van der Waals surface area contributed by atoms with Crippen molar-refractivity contribution in [3.05, 3.63) is 35.9 Å². The number of aliphatic hydroxyl groups excluding tert-OH is 1. The molecular formula is C13H18O3. The van der Waals surface area contributed by atoms with Crippen molar-refractivity contribution in [2.75, 3.05) is 13.2 Å². The lowest BCUT2D eigenvalue weighted by Crippen LogP contribution is -2.06. The summed E-state index contributed by atoms with van der Waals surface area (Å²) in [6, 6.07) is 8.99. The predicted octanol–water partition coefficient (Wildman–Crippen LogP) is 2.40. The third-order valence-electron chi connectivity index (χ3n) is 2.30. The van der Waals surface area contributed by atoms with Crippen LogP contribution in [0.3, 0.4) is 0 Å². The number of carbonyl (C=O) groups excluding carboxylic acids is 1. The molecule has 0 aliphatic rings. The van der Waals surface area contributed by atoms with Gasteiger partial charge in [0.15, 0.2) is 0 Å². The highest BCUT2D eigenvalue weighted by Gasteiger charge is 2.04. The van der Waals surface area contributed by atoms with Gasteiger partial charge in [-0.15, -0.1) is 0 Å². The van der Waals surface area contributed by atoms with Crippen LogP contribution < -0.4 is 0 Å². The molecule has 0 saturated heterocycles. The Balaban J connectivity index is 2.12. The fraction of sp³-hybridized carbons (Fsp3) is 0.462. The average molecular weight is 222 g/mol. The second-order valence-electron chi connectivity index (χ2n) is 3.64. The molecule has 3 heteroatoms. The van der Waals surface area contributed by atoms with E-state index in [1.54, 1.807) is 12.1 Å². The van der Waals surface area contributed by atoms with E-state index >= 15 is 0 Å². The molecule has 0 aromatic heterocycles. The molecule has 0 fully saturated rings. The first-order valence-electron chi connectivity index (χ1n) is 5.67. The van der Waals surface area contributed by atoms with E-state index in [0.29, 0.717) is 12.2 Å². The standard InChI is InChI=1S/C13H18O3/c14-10-6-1-2-7-11-16-13(15)12-8-4-3-5-9-12/h3-5,8-9,14H,1-2,6-7,10-11H2. The molecule has 3 nitrogen and oxygen atoms in total. The Kier molecular flexibility index (Phi) is 6.26. The monoisotopic (exact) mass is 222 g/mol. The maximum absolute atomic E-state index is 11.5. The fourth-order valence-corrected chi connectivity index (χ4v) is 1.39. The summed E-state index contributed by atoms with van der Waals surface area (Å²) >= 11 is 0. The molecule has 0 atom stereocenters. The lowest BCUT2D eigenvalue weighted by Gasteiger charge is -2.04. The molecule has 0 spiro atoms. The zero-order valence-electron chi connectivity index (χ0n) is 9.39. The van der Waals surface area contributed by atoms with Crippen LogP contribution in [0.25, 0.3) is 0 Å². The summed E-state index contributed by atoms with van der Waals surface area (Å²) in [5, 5.41) is 8.57. The molecule has 0 aliphatic heterocycles. The van der Waals surface area contributed by atoms with Gasteiger partial charge in [-0.25, -0.2) is 4.79 Å². The van der Waals surface area contributed by atoms with Crippen LogP contribution in [0.2, 0.25) is 0 Å². The van der Waals surface area contributed by atoms with E-state index in [1.165, 1.54) is 0 Å². The van der Waals surface area contributed by atoms with Gasteiger partial charge in [0.1, 0.15) is 0 Å². The average Bonchev–Trinajstić information content (AvgIpc) is 2.34. The van der Waals surface area contributed by atoms with E-state index in [9.17, 15) is 4.79 Å². The molecule has 1 rings (SSSR count). The van der Waals surface area contributed by atoms with E-state index < -0.39 is 0 Å². The fourth-order valence-electron chi connectivity index (χ4n) is 1.39. The van der Waals surface area contributed by atoms with Crippen LogP contribution in [0.4, 0.5) is 0 Å². The number of hydrogen-bond donors (Lipinski definition) is 1. The van der Waals surface area contributed by atoms with Crippen molar-refractivity contribution in [2.24, 2.45) is 0 Å². The first-order chi connectivity index (χ1) is 7.84. The van der Waals surface area contributed by atoms with Gasteiger partial charge in [0.25, 0.3) is 0 Å². The number of hydrogen-bond acceptors (Lipinski definition) is 3.